The molecule has 0 amide bonds. The molecule has 9 heteroatoms. The van der Waals surface area contributed by atoms with Gasteiger partial charge in [-0.25, -0.2) is 9.97 Å². The van der Waals surface area contributed by atoms with Crippen molar-refractivity contribution in [1.82, 2.24) is 40.0 Å². The van der Waals surface area contributed by atoms with E-state index in [2.05, 4.69) is 37.5 Å². The quantitative estimate of drug-likeness (QED) is 0.416. The Morgan fingerprint density at radius 2 is 1.96 bits per heavy atom. The van der Waals surface area contributed by atoms with E-state index in [1.807, 2.05) is 37.4 Å². The molecule has 0 aliphatic heterocycles. The summed E-state index contributed by atoms with van der Waals surface area (Å²) in [5.41, 5.74) is 1.74. The maximum atomic E-state index is 4.39. The lowest BCUT2D eigenvalue weighted by Gasteiger charge is -2.11. The van der Waals surface area contributed by atoms with E-state index in [9.17, 15) is 0 Å². The van der Waals surface area contributed by atoms with Gasteiger partial charge in [0.25, 0.3) is 0 Å². The third kappa shape index (κ3) is 2.52. The van der Waals surface area contributed by atoms with Gasteiger partial charge < -0.3 is 0 Å². The van der Waals surface area contributed by atoms with E-state index >= 15 is 0 Å². The zero-order chi connectivity index (χ0) is 16.5. The zero-order valence-corrected chi connectivity index (χ0v) is 13.9. The highest BCUT2D eigenvalue weighted by Gasteiger charge is 2.19. The third-order valence-electron chi connectivity index (χ3n) is 3.64. The fraction of sp³-hybridized carbons (Fsp3) is 0.200. The smallest absolute Gasteiger partial charge is 0.169 e. The second-order valence-electron chi connectivity index (χ2n) is 5.23. The minimum absolute atomic E-state index is 0.0125. The minimum atomic E-state index is 0.0125. The summed E-state index contributed by atoms with van der Waals surface area (Å²) < 4.78 is 3.49. The lowest BCUT2D eigenvalue weighted by molar-refractivity contribution is 0.762. The van der Waals surface area contributed by atoms with Crippen molar-refractivity contribution in [2.75, 3.05) is 0 Å². The SMILES string of the molecule is C[C@H](Sc1ncnc2c1cnn2C)c1nnnn1-c1ccccc1. The van der Waals surface area contributed by atoms with Gasteiger partial charge in [0.15, 0.2) is 11.5 Å². The number of hydrogen-bond donors (Lipinski definition) is 0. The van der Waals surface area contributed by atoms with Crippen LogP contribution in [-0.4, -0.2) is 40.0 Å². The van der Waals surface area contributed by atoms with Crippen LogP contribution < -0.4 is 0 Å². The van der Waals surface area contributed by atoms with Gasteiger partial charge in [-0.3, -0.25) is 4.68 Å². The molecule has 3 aromatic heterocycles. The predicted molar refractivity (Wildman–Crippen MR) is 89.7 cm³/mol. The lowest BCUT2D eigenvalue weighted by Crippen LogP contribution is -2.05. The van der Waals surface area contributed by atoms with Gasteiger partial charge in [0.2, 0.25) is 0 Å². The Morgan fingerprint density at radius 1 is 1.12 bits per heavy atom. The van der Waals surface area contributed by atoms with Gasteiger partial charge in [0, 0.05) is 7.05 Å². The van der Waals surface area contributed by atoms with E-state index in [1.165, 1.54) is 0 Å². The number of aromatic nitrogens is 8. The molecule has 0 aliphatic carbocycles. The van der Waals surface area contributed by atoms with Crippen molar-refractivity contribution in [3.8, 4) is 5.69 Å². The average Bonchev–Trinajstić information content (AvgIpc) is 3.24. The number of rotatable bonds is 4. The number of fused-ring (bicyclic) bond motifs is 1. The van der Waals surface area contributed by atoms with Crippen LogP contribution in [0.5, 0.6) is 0 Å². The van der Waals surface area contributed by atoms with Crippen molar-refractivity contribution in [1.29, 1.82) is 0 Å². The molecule has 0 aliphatic rings. The molecule has 0 saturated carbocycles. The number of para-hydroxylation sites is 1. The zero-order valence-electron chi connectivity index (χ0n) is 13.1. The van der Waals surface area contributed by atoms with Crippen molar-refractivity contribution in [3.05, 3.63) is 48.7 Å². The highest BCUT2D eigenvalue weighted by molar-refractivity contribution is 7.99. The molecule has 24 heavy (non-hydrogen) atoms. The van der Waals surface area contributed by atoms with Crippen molar-refractivity contribution < 1.29 is 0 Å². The molecule has 0 radical (unpaired) electrons. The fourth-order valence-corrected chi connectivity index (χ4v) is 3.42. The van der Waals surface area contributed by atoms with Crippen molar-refractivity contribution in [2.24, 2.45) is 7.05 Å². The number of nitrogens with zero attached hydrogens (tertiary/aromatic N) is 8. The van der Waals surface area contributed by atoms with E-state index in [0.717, 1.165) is 27.6 Å². The molecule has 0 N–H and O–H groups in total. The fourth-order valence-electron chi connectivity index (χ4n) is 2.46. The number of hydrogen-bond acceptors (Lipinski definition) is 7. The molecule has 0 spiro atoms. The Bertz CT molecular complexity index is 977. The van der Waals surface area contributed by atoms with E-state index in [1.54, 1.807) is 33.6 Å². The molecule has 4 rings (SSSR count). The first-order valence-electron chi connectivity index (χ1n) is 7.37. The van der Waals surface area contributed by atoms with Gasteiger partial charge in [-0.15, -0.1) is 5.10 Å². The van der Waals surface area contributed by atoms with Crippen molar-refractivity contribution in [3.63, 3.8) is 0 Å². The molecule has 1 atom stereocenters. The van der Waals surface area contributed by atoms with Gasteiger partial charge in [0.05, 0.1) is 22.5 Å². The summed E-state index contributed by atoms with van der Waals surface area (Å²) in [7, 11) is 1.86. The summed E-state index contributed by atoms with van der Waals surface area (Å²) in [4.78, 5) is 8.66. The third-order valence-corrected chi connectivity index (χ3v) is 4.75. The molecule has 0 unspecified atom stereocenters. The van der Waals surface area contributed by atoms with Crippen LogP contribution in [0.3, 0.4) is 0 Å². The Morgan fingerprint density at radius 3 is 2.79 bits per heavy atom. The van der Waals surface area contributed by atoms with E-state index < -0.39 is 0 Å². The van der Waals surface area contributed by atoms with Gasteiger partial charge in [-0.2, -0.15) is 9.78 Å². The molecule has 1 aromatic carbocycles. The summed E-state index contributed by atoms with van der Waals surface area (Å²) in [6, 6.07) is 9.83. The van der Waals surface area contributed by atoms with E-state index in [4.69, 9.17) is 0 Å². The molecule has 120 valence electrons. The van der Waals surface area contributed by atoms with Gasteiger partial charge >= 0.3 is 0 Å². The molecular formula is C15H14N8S. The highest BCUT2D eigenvalue weighted by Crippen LogP contribution is 2.35. The summed E-state index contributed by atoms with van der Waals surface area (Å²) in [6.45, 7) is 2.06. The second kappa shape index (κ2) is 6.00. The van der Waals surface area contributed by atoms with Crippen LogP contribution in [0, 0.1) is 0 Å². The molecule has 4 aromatic rings. The van der Waals surface area contributed by atoms with Crippen molar-refractivity contribution >= 4 is 22.8 Å². The molecule has 0 saturated heterocycles. The summed E-state index contributed by atoms with van der Waals surface area (Å²) >= 11 is 1.59. The molecule has 8 nitrogen and oxygen atoms in total. The largest absolute Gasteiger partial charge is 0.250 e. The van der Waals surface area contributed by atoms with Crippen LogP contribution in [0.4, 0.5) is 0 Å². The molecule has 3 heterocycles. The summed E-state index contributed by atoms with van der Waals surface area (Å²) in [5, 5.41) is 18.2. The number of tetrazole rings is 1. The van der Waals surface area contributed by atoms with E-state index in [0.29, 0.717) is 0 Å². The topological polar surface area (TPSA) is 87.2 Å². The number of benzene rings is 1. The first kappa shape index (κ1) is 14.8. The van der Waals surface area contributed by atoms with Crippen LogP contribution >= 0.6 is 11.8 Å². The Labute approximate surface area is 141 Å². The Balaban J connectivity index is 1.68. The van der Waals surface area contributed by atoms with Crippen LogP contribution in [0.15, 0.2) is 47.9 Å². The number of thioether (sulfide) groups is 1. The summed E-state index contributed by atoms with van der Waals surface area (Å²) in [5.74, 6) is 0.766. The maximum Gasteiger partial charge on any atom is 0.169 e. The predicted octanol–water partition coefficient (Wildman–Crippen LogP) is 2.19. The van der Waals surface area contributed by atoms with Gasteiger partial charge in [0.1, 0.15) is 11.4 Å². The highest BCUT2D eigenvalue weighted by atomic mass is 32.2. The van der Waals surface area contributed by atoms with Crippen LogP contribution in [-0.2, 0) is 7.05 Å². The van der Waals surface area contributed by atoms with Crippen LogP contribution in [0.2, 0.25) is 0 Å². The lowest BCUT2D eigenvalue weighted by atomic mass is 10.3. The monoisotopic (exact) mass is 338 g/mol. The molecule has 0 fully saturated rings. The van der Waals surface area contributed by atoms with Crippen LogP contribution in [0.25, 0.3) is 16.7 Å². The number of aryl methyl sites for hydroxylation is 1. The van der Waals surface area contributed by atoms with Crippen LogP contribution in [0.1, 0.15) is 18.0 Å². The first-order valence-corrected chi connectivity index (χ1v) is 8.25. The van der Waals surface area contributed by atoms with Crippen molar-refractivity contribution in [2.45, 2.75) is 17.2 Å². The Kier molecular flexibility index (Phi) is 3.69. The van der Waals surface area contributed by atoms with E-state index in [-0.39, 0.29) is 5.25 Å². The maximum absolute atomic E-state index is 4.39. The standard InChI is InChI=1S/C15H14N8S/c1-10(13-19-20-21-23(13)11-6-4-3-5-7-11)24-15-12-8-18-22(2)14(12)16-9-17-15/h3-10H,1-2H3/t10-/m0/s1. The molecule has 0 bridgehead atoms. The Hall–Kier alpha value is -2.81. The minimum Gasteiger partial charge on any atom is -0.250 e. The summed E-state index contributed by atoms with van der Waals surface area (Å²) in [6.07, 6.45) is 3.34. The normalized spacial score (nSPS) is 12.6. The van der Waals surface area contributed by atoms with Gasteiger partial charge in [-0.1, -0.05) is 30.0 Å². The first-order chi connectivity index (χ1) is 11.7. The van der Waals surface area contributed by atoms with Gasteiger partial charge in [-0.05, 0) is 29.5 Å². The second-order valence-corrected chi connectivity index (χ2v) is 6.56. The average molecular weight is 338 g/mol. The molecular weight excluding hydrogens is 324 g/mol.